The van der Waals surface area contributed by atoms with E-state index < -0.39 is 5.82 Å². The lowest BCUT2D eigenvalue weighted by atomic mass is 10.1. The van der Waals surface area contributed by atoms with Gasteiger partial charge < -0.3 is 5.73 Å². The second-order valence-electron chi connectivity index (χ2n) is 3.93. The van der Waals surface area contributed by atoms with Gasteiger partial charge in [-0.25, -0.2) is 4.39 Å². The van der Waals surface area contributed by atoms with E-state index in [1.54, 1.807) is 6.07 Å². The zero-order chi connectivity index (χ0) is 12.6. The lowest BCUT2D eigenvalue weighted by Crippen LogP contribution is -2.02. The summed E-state index contributed by atoms with van der Waals surface area (Å²) in [4.78, 5) is 13.9. The molecular weight excluding hydrogens is 237 g/mol. The SMILES string of the molecule is Cc1cc(C)c(C(=O)c2ccc(N)c(F)c2)s1. The Morgan fingerprint density at radius 3 is 2.53 bits per heavy atom. The van der Waals surface area contributed by atoms with E-state index in [0.29, 0.717) is 10.4 Å². The maximum absolute atomic E-state index is 13.3. The van der Waals surface area contributed by atoms with Gasteiger partial charge >= 0.3 is 0 Å². The van der Waals surface area contributed by atoms with E-state index >= 15 is 0 Å². The largest absolute Gasteiger partial charge is 0.396 e. The Morgan fingerprint density at radius 2 is 2.00 bits per heavy atom. The molecule has 1 aromatic carbocycles. The fourth-order valence-electron chi connectivity index (χ4n) is 1.67. The molecule has 0 bridgehead atoms. The number of aryl methyl sites for hydroxylation is 2. The number of thiophene rings is 1. The van der Waals surface area contributed by atoms with Crippen LogP contribution in [0.5, 0.6) is 0 Å². The number of hydrogen-bond donors (Lipinski definition) is 1. The molecule has 0 spiro atoms. The maximum Gasteiger partial charge on any atom is 0.203 e. The Labute approximate surface area is 103 Å². The van der Waals surface area contributed by atoms with Crippen LogP contribution < -0.4 is 5.73 Å². The quantitative estimate of drug-likeness (QED) is 0.655. The third kappa shape index (κ3) is 2.22. The zero-order valence-corrected chi connectivity index (χ0v) is 10.4. The van der Waals surface area contributed by atoms with Crippen molar-refractivity contribution in [3.8, 4) is 0 Å². The van der Waals surface area contributed by atoms with E-state index in [-0.39, 0.29) is 11.5 Å². The minimum Gasteiger partial charge on any atom is -0.396 e. The number of hydrogen-bond acceptors (Lipinski definition) is 3. The second-order valence-corrected chi connectivity index (χ2v) is 5.19. The fourth-order valence-corrected chi connectivity index (χ4v) is 2.65. The summed E-state index contributed by atoms with van der Waals surface area (Å²) < 4.78 is 13.3. The Morgan fingerprint density at radius 1 is 1.29 bits per heavy atom. The molecule has 0 radical (unpaired) electrons. The van der Waals surface area contributed by atoms with Crippen LogP contribution in [-0.2, 0) is 0 Å². The molecule has 17 heavy (non-hydrogen) atoms. The summed E-state index contributed by atoms with van der Waals surface area (Å²) in [6, 6.07) is 6.10. The van der Waals surface area contributed by atoms with Gasteiger partial charge in [-0.1, -0.05) is 0 Å². The third-order valence-electron chi connectivity index (χ3n) is 2.51. The number of nitrogen functional groups attached to an aromatic ring is 1. The van der Waals surface area contributed by atoms with Crippen LogP contribution in [0.25, 0.3) is 0 Å². The molecule has 0 atom stereocenters. The first kappa shape index (κ1) is 11.8. The van der Waals surface area contributed by atoms with Gasteiger partial charge in [0.15, 0.2) is 0 Å². The van der Waals surface area contributed by atoms with Crippen LogP contribution in [0.1, 0.15) is 25.7 Å². The highest BCUT2D eigenvalue weighted by Crippen LogP contribution is 2.25. The van der Waals surface area contributed by atoms with Crippen LogP contribution in [0.2, 0.25) is 0 Å². The van der Waals surface area contributed by atoms with Gasteiger partial charge in [-0.3, -0.25) is 4.79 Å². The van der Waals surface area contributed by atoms with Crippen LogP contribution in [0.15, 0.2) is 24.3 Å². The molecule has 88 valence electrons. The van der Waals surface area contributed by atoms with Gasteiger partial charge in [0.2, 0.25) is 5.78 Å². The van der Waals surface area contributed by atoms with Gasteiger partial charge in [0.05, 0.1) is 10.6 Å². The monoisotopic (exact) mass is 249 g/mol. The van der Waals surface area contributed by atoms with Gasteiger partial charge in [-0.15, -0.1) is 11.3 Å². The summed E-state index contributed by atoms with van der Waals surface area (Å²) in [6.45, 7) is 3.82. The first-order valence-electron chi connectivity index (χ1n) is 5.16. The predicted molar refractivity (Wildman–Crippen MR) is 68.0 cm³/mol. The van der Waals surface area contributed by atoms with Gasteiger partial charge in [0, 0.05) is 10.4 Å². The van der Waals surface area contributed by atoms with Crippen molar-refractivity contribution in [2.24, 2.45) is 0 Å². The van der Waals surface area contributed by atoms with E-state index in [9.17, 15) is 9.18 Å². The molecule has 0 unspecified atom stereocenters. The molecule has 2 aromatic rings. The number of carbonyl (C=O) groups is 1. The zero-order valence-electron chi connectivity index (χ0n) is 9.58. The third-order valence-corrected chi connectivity index (χ3v) is 3.66. The van der Waals surface area contributed by atoms with Gasteiger partial charge in [-0.2, -0.15) is 0 Å². The van der Waals surface area contributed by atoms with Crippen molar-refractivity contribution in [1.29, 1.82) is 0 Å². The number of nitrogens with two attached hydrogens (primary N) is 1. The minimum absolute atomic E-state index is 0.0561. The summed E-state index contributed by atoms with van der Waals surface area (Å²) >= 11 is 1.42. The molecule has 1 heterocycles. The topological polar surface area (TPSA) is 43.1 Å². The summed E-state index contributed by atoms with van der Waals surface area (Å²) in [5.74, 6) is -0.707. The first-order valence-corrected chi connectivity index (χ1v) is 5.97. The van der Waals surface area contributed by atoms with Crippen molar-refractivity contribution < 1.29 is 9.18 Å². The van der Waals surface area contributed by atoms with Gasteiger partial charge in [0.25, 0.3) is 0 Å². The number of rotatable bonds is 2. The molecule has 0 fully saturated rings. The van der Waals surface area contributed by atoms with Crippen molar-refractivity contribution in [2.45, 2.75) is 13.8 Å². The average Bonchev–Trinajstić information content (AvgIpc) is 2.61. The van der Waals surface area contributed by atoms with Gasteiger partial charge in [-0.05, 0) is 43.7 Å². The lowest BCUT2D eigenvalue weighted by Gasteiger charge is -2.02. The van der Waals surface area contributed by atoms with Crippen LogP contribution in [0, 0.1) is 19.7 Å². The lowest BCUT2D eigenvalue weighted by molar-refractivity contribution is 0.104. The van der Waals surface area contributed by atoms with Crippen LogP contribution in [0.3, 0.4) is 0 Å². The Balaban J connectivity index is 2.44. The molecule has 1 aromatic heterocycles. The van der Waals surface area contributed by atoms with Crippen LogP contribution in [-0.4, -0.2) is 5.78 Å². The standard InChI is InChI=1S/C13H12FNOS/c1-7-5-8(2)17-13(7)12(16)9-3-4-11(15)10(14)6-9/h3-6H,15H2,1-2H3. The molecule has 4 heteroatoms. The van der Waals surface area contributed by atoms with Crippen molar-refractivity contribution in [2.75, 3.05) is 5.73 Å². The molecule has 0 aliphatic carbocycles. The van der Waals surface area contributed by atoms with Crippen LogP contribution in [0.4, 0.5) is 10.1 Å². The normalized spacial score (nSPS) is 10.5. The highest BCUT2D eigenvalue weighted by atomic mass is 32.1. The molecule has 2 rings (SSSR count). The second kappa shape index (κ2) is 4.30. The number of carbonyl (C=O) groups excluding carboxylic acids is 1. The van der Waals surface area contributed by atoms with E-state index in [2.05, 4.69) is 0 Å². The van der Waals surface area contributed by atoms with Crippen molar-refractivity contribution in [3.05, 3.63) is 51.0 Å². The van der Waals surface area contributed by atoms with E-state index in [1.807, 2.05) is 19.9 Å². The molecule has 2 N–H and O–H groups in total. The molecule has 0 saturated carbocycles. The molecule has 0 amide bonds. The summed E-state index contributed by atoms with van der Waals surface area (Å²) in [6.07, 6.45) is 0. The first-order chi connectivity index (χ1) is 7.99. The average molecular weight is 249 g/mol. The number of anilines is 1. The number of benzene rings is 1. The molecule has 0 aliphatic heterocycles. The molecule has 0 aliphatic rings. The Bertz CT molecular complexity index is 589. The van der Waals surface area contributed by atoms with E-state index in [4.69, 9.17) is 5.73 Å². The molecule has 0 saturated heterocycles. The van der Waals surface area contributed by atoms with Crippen LogP contribution >= 0.6 is 11.3 Å². The summed E-state index contributed by atoms with van der Waals surface area (Å²) in [5, 5.41) is 0. The summed E-state index contributed by atoms with van der Waals surface area (Å²) in [7, 11) is 0. The highest BCUT2D eigenvalue weighted by Gasteiger charge is 2.15. The minimum atomic E-state index is -0.554. The highest BCUT2D eigenvalue weighted by molar-refractivity contribution is 7.14. The Kier molecular flexibility index (Phi) is 2.98. The van der Waals surface area contributed by atoms with Crippen molar-refractivity contribution >= 4 is 22.8 Å². The molecular formula is C13H12FNOS. The Hall–Kier alpha value is -1.68. The maximum atomic E-state index is 13.3. The van der Waals surface area contributed by atoms with E-state index in [1.165, 1.54) is 23.5 Å². The summed E-state index contributed by atoms with van der Waals surface area (Å²) in [5.41, 5.74) is 6.69. The van der Waals surface area contributed by atoms with Gasteiger partial charge in [0.1, 0.15) is 5.82 Å². The predicted octanol–water partition coefficient (Wildman–Crippen LogP) is 3.32. The smallest absolute Gasteiger partial charge is 0.203 e. The van der Waals surface area contributed by atoms with Crippen molar-refractivity contribution in [1.82, 2.24) is 0 Å². The number of ketones is 1. The van der Waals surface area contributed by atoms with Crippen molar-refractivity contribution in [3.63, 3.8) is 0 Å². The van der Waals surface area contributed by atoms with E-state index in [0.717, 1.165) is 10.4 Å². The number of halogens is 1. The molecule has 2 nitrogen and oxygen atoms in total. The fraction of sp³-hybridized carbons (Fsp3) is 0.154.